The Hall–Kier alpha value is -4.03. The molecule has 1 aromatic heterocycles. The minimum atomic E-state index is -1.06. The molecule has 6 nitrogen and oxygen atoms in total. The lowest BCUT2D eigenvalue weighted by Gasteiger charge is -2.25. The van der Waals surface area contributed by atoms with Crippen LogP contribution in [0.15, 0.2) is 60.7 Å². The lowest BCUT2D eigenvalue weighted by atomic mass is 9.78. The summed E-state index contributed by atoms with van der Waals surface area (Å²) in [5.41, 5.74) is 3.28. The number of benzene rings is 3. The molecular formula is C33H32ClN2O4+. The second kappa shape index (κ2) is 9.56. The molecule has 1 aliphatic carbocycles. The van der Waals surface area contributed by atoms with Crippen molar-refractivity contribution in [2.45, 2.75) is 58.3 Å². The number of carbonyl (C=O) groups is 3. The topological polar surface area (TPSA) is 99.0 Å². The molecule has 0 spiro atoms. The van der Waals surface area contributed by atoms with E-state index in [2.05, 4.69) is 5.32 Å². The van der Waals surface area contributed by atoms with Crippen molar-refractivity contribution in [2.24, 2.45) is 0 Å². The van der Waals surface area contributed by atoms with Crippen LogP contribution in [0.5, 0.6) is 5.75 Å². The molecule has 0 saturated heterocycles. The van der Waals surface area contributed by atoms with Crippen molar-refractivity contribution in [2.75, 3.05) is 5.32 Å². The van der Waals surface area contributed by atoms with Gasteiger partial charge in [0.05, 0.1) is 28.0 Å². The molecule has 1 atom stereocenters. The maximum atomic E-state index is 13.6. The van der Waals surface area contributed by atoms with Crippen LogP contribution < -0.4 is 5.32 Å². The van der Waals surface area contributed by atoms with Gasteiger partial charge in [-0.15, -0.1) is 0 Å². The van der Waals surface area contributed by atoms with Gasteiger partial charge >= 0.3 is 0 Å². The van der Waals surface area contributed by atoms with E-state index in [9.17, 15) is 14.4 Å². The molecule has 0 bridgehead atoms. The molecule has 3 N–H and O–H groups in total. The molecular weight excluding hydrogens is 524 g/mol. The lowest BCUT2D eigenvalue weighted by molar-refractivity contribution is 0.0887. The maximum Gasteiger partial charge on any atom is 0.261 e. The first-order chi connectivity index (χ1) is 18.7. The Balaban J connectivity index is 1.55. The van der Waals surface area contributed by atoms with E-state index in [4.69, 9.17) is 21.7 Å². The summed E-state index contributed by atoms with van der Waals surface area (Å²) in [6.45, 7) is 12.2. The molecule has 5 rings (SSSR count). The Morgan fingerprint density at radius 1 is 0.850 bits per heavy atom. The summed E-state index contributed by atoms with van der Waals surface area (Å²) in [7, 11) is 0. The van der Waals surface area contributed by atoms with Crippen LogP contribution in [0.25, 0.3) is 10.9 Å². The summed E-state index contributed by atoms with van der Waals surface area (Å²) in [5, 5.41) is 13.0. The second-order valence-electron chi connectivity index (χ2n) is 12.4. The van der Waals surface area contributed by atoms with Gasteiger partial charge < -0.3 is 10.4 Å². The fraction of sp³-hybridized carbons (Fsp3) is 0.273. The van der Waals surface area contributed by atoms with Crippen molar-refractivity contribution in [3.8, 4) is 5.75 Å². The lowest BCUT2D eigenvalue weighted by Crippen LogP contribution is -2.21. The van der Waals surface area contributed by atoms with Gasteiger partial charge in [-0.2, -0.15) is 0 Å². The smallest absolute Gasteiger partial charge is 0.261 e. The van der Waals surface area contributed by atoms with E-state index in [1.54, 1.807) is 42.5 Å². The van der Waals surface area contributed by atoms with Gasteiger partial charge in [-0.3, -0.25) is 14.4 Å². The normalized spacial score (nSPS) is 15.4. The highest BCUT2D eigenvalue weighted by molar-refractivity contribution is 6.34. The fourth-order valence-electron chi connectivity index (χ4n) is 5.21. The Kier molecular flexibility index (Phi) is 6.58. The van der Waals surface area contributed by atoms with E-state index in [1.165, 1.54) is 6.07 Å². The van der Waals surface area contributed by atoms with Crippen molar-refractivity contribution < 1.29 is 19.5 Å². The van der Waals surface area contributed by atoms with Crippen LogP contribution in [-0.2, 0) is 10.8 Å². The van der Waals surface area contributed by atoms with Gasteiger partial charge in [0.2, 0.25) is 0 Å². The third-order valence-corrected chi connectivity index (χ3v) is 7.57. The monoisotopic (exact) mass is 555 g/mol. The molecule has 1 unspecified atom stereocenters. The summed E-state index contributed by atoms with van der Waals surface area (Å²) < 4.78 is 0. The number of nitrogens with zero attached hydrogens (tertiary/aromatic N) is 1. The molecule has 204 valence electrons. The molecule has 1 heterocycles. The third-order valence-electron chi connectivity index (χ3n) is 7.34. The molecule has 4 aromatic rings. The maximum absolute atomic E-state index is 13.6. The molecule has 0 fully saturated rings. The van der Waals surface area contributed by atoms with Crippen molar-refractivity contribution >= 4 is 45.7 Å². The number of aromatic nitrogens is 1. The highest BCUT2D eigenvalue weighted by atomic mass is 35.5. The van der Waals surface area contributed by atoms with Gasteiger partial charge in [-0.1, -0.05) is 71.3 Å². The van der Waals surface area contributed by atoms with E-state index in [1.807, 2.05) is 53.7 Å². The van der Waals surface area contributed by atoms with Crippen LogP contribution >= 0.6 is 11.6 Å². The standard InChI is InChI=1S/C33H31ClN2O4/c1-32(2,3)22-14-18(15-23(30(22)39)33(4,5)6)31(40)36-25-9-7-8-17-10-13-24(35-27(17)25)26-28(37)20-12-11-19(34)16-21(20)29(26)38/h7-16,26,39H,1-6H3,(H,36,40)/p+1. The van der Waals surface area contributed by atoms with E-state index in [0.717, 1.165) is 16.5 Å². The summed E-state index contributed by atoms with van der Waals surface area (Å²) in [5.74, 6) is -1.59. The van der Waals surface area contributed by atoms with Gasteiger partial charge in [-0.05, 0) is 53.3 Å². The average molecular weight is 556 g/mol. The van der Waals surface area contributed by atoms with Crippen molar-refractivity contribution in [1.82, 2.24) is 4.98 Å². The number of anilines is 1. The van der Waals surface area contributed by atoms with Gasteiger partial charge in [0.1, 0.15) is 5.92 Å². The molecule has 40 heavy (non-hydrogen) atoms. The van der Waals surface area contributed by atoms with E-state index < -0.39 is 5.92 Å². The van der Waals surface area contributed by atoms with E-state index >= 15 is 0 Å². The molecule has 3 aromatic carbocycles. The van der Waals surface area contributed by atoms with Crippen molar-refractivity contribution in [1.29, 1.82) is 0 Å². The zero-order chi connectivity index (χ0) is 29.1. The number of fused-ring (bicyclic) bond motifs is 2. The number of para-hydroxylation sites is 1. The average Bonchev–Trinajstić information content (AvgIpc) is 3.11. The van der Waals surface area contributed by atoms with Crippen LogP contribution in [0.2, 0.25) is 5.02 Å². The van der Waals surface area contributed by atoms with Gasteiger partial charge in [0.25, 0.3) is 11.7 Å². The van der Waals surface area contributed by atoms with Crippen molar-refractivity contribution in [3.05, 3.63) is 99.2 Å². The Bertz CT molecular complexity index is 1690. The van der Waals surface area contributed by atoms with Gasteiger partial charge in [0, 0.05) is 27.1 Å². The Morgan fingerprint density at radius 3 is 2.10 bits per heavy atom. The molecule has 1 amide bonds. The predicted octanol–water partition coefficient (Wildman–Crippen LogP) is 7.34. The fourth-order valence-corrected chi connectivity index (χ4v) is 5.38. The first-order valence-corrected chi connectivity index (χ1v) is 13.5. The zero-order valence-corrected chi connectivity index (χ0v) is 24.2. The van der Waals surface area contributed by atoms with Crippen LogP contribution in [-0.4, -0.2) is 27.6 Å². The largest absolute Gasteiger partial charge is 0.593 e. The number of carbonyl (C=O) groups excluding carboxylic acids is 3. The van der Waals surface area contributed by atoms with Crippen LogP contribution in [0.3, 0.4) is 0 Å². The number of hydrogen-bond acceptors (Lipinski definition) is 4. The second-order valence-corrected chi connectivity index (χ2v) is 12.8. The number of ketones is 2. The zero-order valence-electron chi connectivity index (χ0n) is 23.4. The Labute approximate surface area is 238 Å². The summed E-state index contributed by atoms with van der Waals surface area (Å²) in [6, 6.07) is 17.2. The summed E-state index contributed by atoms with van der Waals surface area (Å²) >= 11 is 6.08. The minimum absolute atomic E-state index is 0.299. The van der Waals surface area contributed by atoms with Gasteiger partial charge in [0.15, 0.2) is 11.6 Å². The van der Waals surface area contributed by atoms with Crippen LogP contribution in [0.4, 0.5) is 5.69 Å². The number of halogens is 1. The molecule has 0 radical (unpaired) electrons. The molecule has 0 aliphatic heterocycles. The minimum Gasteiger partial charge on any atom is -0.593 e. The summed E-state index contributed by atoms with van der Waals surface area (Å²) in [6.07, 6.45) is 0. The molecule has 1 aliphatic rings. The highest BCUT2D eigenvalue weighted by Crippen LogP contribution is 2.40. The first-order valence-electron chi connectivity index (χ1n) is 13.2. The quantitative estimate of drug-likeness (QED) is 0.211. The number of amides is 1. The number of nitrogens with one attached hydrogen (secondary N) is 1. The number of pyridine rings is 1. The molecule has 0 saturated carbocycles. The molecule has 7 heteroatoms. The Morgan fingerprint density at radius 2 is 1.48 bits per heavy atom. The van der Waals surface area contributed by atoms with Gasteiger partial charge in [-0.25, -0.2) is 4.98 Å². The first kappa shape index (κ1) is 27.5. The SMILES string of the molecule is CC(C)(C)c1cc(C(=O)Nc2cccc3ccc(C4C(=O)c5ccc(Cl)cc5C4=O)nc23)cc(C(C)(C)C)c1[OH2+]. The highest BCUT2D eigenvalue weighted by Gasteiger charge is 2.40. The van der Waals surface area contributed by atoms with E-state index in [-0.39, 0.29) is 28.3 Å². The predicted molar refractivity (Wildman–Crippen MR) is 159 cm³/mol. The van der Waals surface area contributed by atoms with Crippen LogP contribution in [0, 0.1) is 0 Å². The van der Waals surface area contributed by atoms with Crippen molar-refractivity contribution in [3.63, 3.8) is 0 Å². The third kappa shape index (κ3) is 4.77. The number of hydrogen-bond donors (Lipinski definition) is 1. The number of Topliss-reactive ketones (excluding diaryl/α,β-unsaturated/α-hetero) is 2. The summed E-state index contributed by atoms with van der Waals surface area (Å²) in [4.78, 5) is 44.7. The van der Waals surface area contributed by atoms with Crippen LogP contribution in [0.1, 0.15) is 95.4 Å². The van der Waals surface area contributed by atoms with E-state index in [0.29, 0.717) is 44.4 Å². The number of rotatable bonds is 3.